The van der Waals surface area contributed by atoms with Crippen molar-refractivity contribution in [3.63, 3.8) is 0 Å². The Kier molecular flexibility index (Phi) is 7.13. The van der Waals surface area contributed by atoms with E-state index in [-0.39, 0.29) is 0 Å². The highest BCUT2D eigenvalue weighted by atomic mass is 32.2. The SMILES string of the molecule is COCCNCCCc1nnc(C2CCCCS2)s1. The van der Waals surface area contributed by atoms with Gasteiger partial charge in [0, 0.05) is 20.1 Å². The first-order valence-corrected chi connectivity index (χ1v) is 8.90. The van der Waals surface area contributed by atoms with Crippen LogP contribution in [-0.2, 0) is 11.2 Å². The van der Waals surface area contributed by atoms with Gasteiger partial charge < -0.3 is 10.1 Å². The molecule has 0 radical (unpaired) electrons. The largest absolute Gasteiger partial charge is 0.383 e. The molecule has 1 N–H and O–H groups in total. The summed E-state index contributed by atoms with van der Waals surface area (Å²) in [4.78, 5) is 0. The number of ether oxygens (including phenoxy) is 1. The molecule has 1 aromatic rings. The third-order valence-electron chi connectivity index (χ3n) is 3.16. The lowest BCUT2D eigenvalue weighted by Gasteiger charge is -2.17. The van der Waals surface area contributed by atoms with Crippen LogP contribution in [0.5, 0.6) is 0 Å². The smallest absolute Gasteiger partial charge is 0.130 e. The van der Waals surface area contributed by atoms with Crippen LogP contribution in [0.3, 0.4) is 0 Å². The summed E-state index contributed by atoms with van der Waals surface area (Å²) in [7, 11) is 1.73. The minimum Gasteiger partial charge on any atom is -0.383 e. The topological polar surface area (TPSA) is 47.0 Å². The number of aromatic nitrogens is 2. The number of rotatable bonds is 8. The fourth-order valence-corrected chi connectivity index (χ4v) is 4.52. The quantitative estimate of drug-likeness (QED) is 0.748. The van der Waals surface area contributed by atoms with Gasteiger partial charge in [0.25, 0.3) is 0 Å². The first-order chi connectivity index (χ1) is 9.40. The first-order valence-electron chi connectivity index (χ1n) is 7.03. The van der Waals surface area contributed by atoms with Crippen LogP contribution in [0, 0.1) is 0 Å². The fraction of sp³-hybridized carbons (Fsp3) is 0.846. The summed E-state index contributed by atoms with van der Waals surface area (Å²) in [5.74, 6) is 1.28. The minimum absolute atomic E-state index is 0.611. The third kappa shape index (κ3) is 5.38. The molecule has 1 aliphatic rings. The standard InChI is InChI=1S/C13H23N3OS2/c1-17-9-8-14-7-4-6-12-15-16-13(19-12)11-5-2-3-10-18-11/h11,14H,2-10H2,1H3. The number of aryl methyl sites for hydroxylation is 1. The van der Waals surface area contributed by atoms with E-state index in [1.807, 2.05) is 23.1 Å². The summed E-state index contributed by atoms with van der Waals surface area (Å²) in [6, 6.07) is 0. The number of methoxy groups -OCH3 is 1. The zero-order chi connectivity index (χ0) is 13.3. The molecule has 19 heavy (non-hydrogen) atoms. The molecule has 0 spiro atoms. The maximum Gasteiger partial charge on any atom is 0.130 e. The average molecular weight is 301 g/mol. The summed E-state index contributed by atoms with van der Waals surface area (Å²) < 4.78 is 4.99. The van der Waals surface area contributed by atoms with Crippen molar-refractivity contribution in [2.75, 3.05) is 32.6 Å². The molecule has 2 heterocycles. The van der Waals surface area contributed by atoms with Gasteiger partial charge in [0.15, 0.2) is 0 Å². The minimum atomic E-state index is 0.611. The van der Waals surface area contributed by atoms with E-state index in [1.165, 1.54) is 35.0 Å². The van der Waals surface area contributed by atoms with Crippen LogP contribution in [0.4, 0.5) is 0 Å². The Morgan fingerprint density at radius 2 is 2.26 bits per heavy atom. The second kappa shape index (κ2) is 8.89. The molecule has 1 aliphatic heterocycles. The maximum absolute atomic E-state index is 4.99. The van der Waals surface area contributed by atoms with Gasteiger partial charge in [-0.3, -0.25) is 0 Å². The van der Waals surface area contributed by atoms with Crippen LogP contribution in [0.15, 0.2) is 0 Å². The van der Waals surface area contributed by atoms with Gasteiger partial charge in [-0.05, 0) is 31.6 Å². The average Bonchev–Trinajstić information content (AvgIpc) is 2.92. The Morgan fingerprint density at radius 3 is 3.05 bits per heavy atom. The lowest BCUT2D eigenvalue weighted by molar-refractivity contribution is 0.199. The van der Waals surface area contributed by atoms with E-state index >= 15 is 0 Å². The lowest BCUT2D eigenvalue weighted by Crippen LogP contribution is -2.20. The molecule has 0 aliphatic carbocycles. The Labute approximate surface area is 123 Å². The molecule has 0 bridgehead atoms. The molecule has 108 valence electrons. The van der Waals surface area contributed by atoms with E-state index in [0.29, 0.717) is 5.25 Å². The van der Waals surface area contributed by atoms with Gasteiger partial charge in [-0.2, -0.15) is 11.8 Å². The highest BCUT2D eigenvalue weighted by Crippen LogP contribution is 2.39. The number of nitrogens with zero attached hydrogens (tertiary/aromatic N) is 2. The predicted octanol–water partition coefficient (Wildman–Crippen LogP) is 2.66. The predicted molar refractivity (Wildman–Crippen MR) is 82.0 cm³/mol. The summed E-state index contributed by atoms with van der Waals surface area (Å²) >= 11 is 3.86. The normalized spacial score (nSPS) is 19.7. The van der Waals surface area contributed by atoms with Gasteiger partial charge in [0.05, 0.1) is 11.9 Å². The molecule has 1 saturated heterocycles. The van der Waals surface area contributed by atoms with Crippen LogP contribution in [-0.4, -0.2) is 42.8 Å². The highest BCUT2D eigenvalue weighted by molar-refractivity contribution is 7.99. The Balaban J connectivity index is 1.66. The Hall–Kier alpha value is -0.170. The number of thioether (sulfide) groups is 1. The molecule has 0 aromatic carbocycles. The van der Waals surface area contributed by atoms with Crippen LogP contribution in [0.2, 0.25) is 0 Å². The molecule has 1 atom stereocenters. The monoisotopic (exact) mass is 301 g/mol. The zero-order valence-corrected chi connectivity index (χ0v) is 13.2. The van der Waals surface area contributed by atoms with E-state index in [2.05, 4.69) is 15.5 Å². The maximum atomic E-state index is 4.99. The van der Waals surface area contributed by atoms with Crippen molar-refractivity contribution >= 4 is 23.1 Å². The molecule has 0 amide bonds. The summed E-state index contributed by atoms with van der Waals surface area (Å²) in [6.45, 7) is 2.73. The number of nitrogens with one attached hydrogen (secondary N) is 1. The molecule has 0 saturated carbocycles. The van der Waals surface area contributed by atoms with Crippen molar-refractivity contribution in [3.05, 3.63) is 10.0 Å². The lowest BCUT2D eigenvalue weighted by atomic mass is 10.2. The van der Waals surface area contributed by atoms with Crippen LogP contribution >= 0.6 is 23.1 Å². The second-order valence-corrected chi connectivity index (χ2v) is 7.14. The van der Waals surface area contributed by atoms with Gasteiger partial charge in [-0.25, -0.2) is 0 Å². The van der Waals surface area contributed by atoms with Gasteiger partial charge in [-0.15, -0.1) is 21.5 Å². The summed E-state index contributed by atoms with van der Waals surface area (Å²) in [5, 5.41) is 15.1. The van der Waals surface area contributed by atoms with Crippen LogP contribution in [0.1, 0.15) is 40.9 Å². The Bertz CT molecular complexity index is 353. The van der Waals surface area contributed by atoms with Gasteiger partial charge in [0.1, 0.15) is 10.0 Å². The molecule has 4 nitrogen and oxygen atoms in total. The van der Waals surface area contributed by atoms with Crippen molar-refractivity contribution in [1.29, 1.82) is 0 Å². The van der Waals surface area contributed by atoms with E-state index < -0.39 is 0 Å². The van der Waals surface area contributed by atoms with Crippen molar-refractivity contribution in [2.24, 2.45) is 0 Å². The third-order valence-corrected chi connectivity index (χ3v) is 5.80. The molecule has 1 fully saturated rings. The van der Waals surface area contributed by atoms with Crippen LogP contribution < -0.4 is 5.32 Å². The summed E-state index contributed by atoms with van der Waals surface area (Å²) in [6.07, 6.45) is 6.14. The van der Waals surface area contributed by atoms with Crippen molar-refractivity contribution in [1.82, 2.24) is 15.5 Å². The van der Waals surface area contributed by atoms with Gasteiger partial charge >= 0.3 is 0 Å². The summed E-state index contributed by atoms with van der Waals surface area (Å²) in [5.41, 5.74) is 0. The van der Waals surface area contributed by atoms with E-state index in [4.69, 9.17) is 4.74 Å². The molecule has 6 heteroatoms. The zero-order valence-electron chi connectivity index (χ0n) is 11.6. The number of hydrogen-bond donors (Lipinski definition) is 1. The van der Waals surface area contributed by atoms with Gasteiger partial charge in [0.2, 0.25) is 0 Å². The molecular formula is C13H23N3OS2. The first kappa shape index (κ1) is 15.2. The van der Waals surface area contributed by atoms with Gasteiger partial charge in [-0.1, -0.05) is 6.42 Å². The molecule has 2 rings (SSSR count). The van der Waals surface area contributed by atoms with Crippen molar-refractivity contribution in [2.45, 2.75) is 37.4 Å². The molecule has 1 unspecified atom stereocenters. The van der Waals surface area contributed by atoms with Crippen LogP contribution in [0.25, 0.3) is 0 Å². The van der Waals surface area contributed by atoms with E-state index in [0.717, 1.165) is 32.5 Å². The fourth-order valence-electron chi connectivity index (χ4n) is 2.10. The Morgan fingerprint density at radius 1 is 1.32 bits per heavy atom. The molecule has 1 aromatic heterocycles. The van der Waals surface area contributed by atoms with E-state index in [1.54, 1.807) is 7.11 Å². The second-order valence-electron chi connectivity index (χ2n) is 4.74. The highest BCUT2D eigenvalue weighted by Gasteiger charge is 2.19. The van der Waals surface area contributed by atoms with Crippen molar-refractivity contribution < 1.29 is 4.74 Å². The van der Waals surface area contributed by atoms with Crippen molar-refractivity contribution in [3.8, 4) is 0 Å². The number of hydrogen-bond acceptors (Lipinski definition) is 6. The van der Waals surface area contributed by atoms with E-state index in [9.17, 15) is 0 Å². The molecular weight excluding hydrogens is 278 g/mol.